The topological polar surface area (TPSA) is 4.93 Å². The van der Waals surface area contributed by atoms with E-state index in [1.165, 1.54) is 66.1 Å². The molecule has 0 saturated carbocycles. The van der Waals surface area contributed by atoms with E-state index >= 15 is 0 Å². The second-order valence-corrected chi connectivity index (χ2v) is 9.53. The summed E-state index contributed by atoms with van der Waals surface area (Å²) in [5.74, 6) is 0. The predicted octanol–water partition coefficient (Wildman–Crippen LogP) is 9.58. The molecule has 170 valence electrons. The van der Waals surface area contributed by atoms with Crippen molar-refractivity contribution in [2.24, 2.45) is 0 Å². The van der Waals surface area contributed by atoms with Gasteiger partial charge in [0, 0.05) is 16.5 Å². The van der Waals surface area contributed by atoms with Crippen LogP contribution in [0.15, 0.2) is 133 Å². The molecule has 7 aromatic rings. The Kier molecular flexibility index (Phi) is 4.75. The predicted molar refractivity (Wildman–Crippen MR) is 154 cm³/mol. The molecule has 0 saturated heterocycles. The lowest BCUT2D eigenvalue weighted by Crippen LogP contribution is -1.94. The van der Waals surface area contributed by atoms with Crippen LogP contribution in [-0.4, -0.2) is 4.57 Å². The number of hydrogen-bond donors (Lipinski definition) is 0. The Bertz CT molecular complexity index is 1860. The maximum Gasteiger partial charge on any atom is 0.0547 e. The molecule has 1 nitrogen and oxygen atoms in total. The smallest absolute Gasteiger partial charge is 0.0547 e. The van der Waals surface area contributed by atoms with Gasteiger partial charge in [0.25, 0.3) is 0 Å². The van der Waals surface area contributed by atoms with Gasteiger partial charge >= 0.3 is 0 Å². The zero-order chi connectivity index (χ0) is 24.1. The van der Waals surface area contributed by atoms with Crippen molar-refractivity contribution in [1.82, 2.24) is 4.57 Å². The Morgan fingerprint density at radius 2 is 1.06 bits per heavy atom. The first-order valence-corrected chi connectivity index (χ1v) is 12.5. The van der Waals surface area contributed by atoms with Crippen LogP contribution in [0.3, 0.4) is 0 Å². The quantitative estimate of drug-likeness (QED) is 0.248. The van der Waals surface area contributed by atoms with E-state index in [1.54, 1.807) is 0 Å². The molecule has 0 atom stereocenters. The minimum Gasteiger partial charge on any atom is -0.309 e. The molecular formula is C35H25N. The summed E-state index contributed by atoms with van der Waals surface area (Å²) in [5, 5.41) is 5.15. The van der Waals surface area contributed by atoms with E-state index in [4.69, 9.17) is 0 Å². The monoisotopic (exact) mass is 459 g/mol. The zero-order valence-electron chi connectivity index (χ0n) is 20.1. The highest BCUT2D eigenvalue weighted by atomic mass is 15.0. The maximum atomic E-state index is 2.41. The van der Waals surface area contributed by atoms with Crippen molar-refractivity contribution in [3.05, 3.63) is 139 Å². The molecule has 1 heterocycles. The van der Waals surface area contributed by atoms with Gasteiger partial charge in [-0.1, -0.05) is 109 Å². The lowest BCUT2D eigenvalue weighted by Gasteiger charge is -2.10. The fraction of sp³-hybridized carbons (Fsp3) is 0.0286. The van der Waals surface area contributed by atoms with Crippen LogP contribution < -0.4 is 0 Å². The number of aromatic nitrogens is 1. The van der Waals surface area contributed by atoms with Gasteiger partial charge in [-0.05, 0) is 70.3 Å². The van der Waals surface area contributed by atoms with Gasteiger partial charge in [-0.2, -0.15) is 0 Å². The third-order valence-corrected chi connectivity index (χ3v) is 7.27. The molecule has 0 radical (unpaired) electrons. The fourth-order valence-electron chi connectivity index (χ4n) is 5.43. The van der Waals surface area contributed by atoms with Gasteiger partial charge in [0.15, 0.2) is 0 Å². The lowest BCUT2D eigenvalue weighted by molar-refractivity contribution is 1.18. The van der Waals surface area contributed by atoms with E-state index < -0.39 is 0 Å². The Morgan fingerprint density at radius 3 is 1.86 bits per heavy atom. The SMILES string of the molecule is Cc1ccc(-c2ccc3c(c2)c2c4ccccc4ccc2n3-c2ccc(-c3ccccc3)cc2)cc1. The fourth-order valence-corrected chi connectivity index (χ4v) is 5.43. The van der Waals surface area contributed by atoms with Crippen molar-refractivity contribution in [3.63, 3.8) is 0 Å². The van der Waals surface area contributed by atoms with Gasteiger partial charge in [0.1, 0.15) is 0 Å². The first-order chi connectivity index (χ1) is 17.8. The number of nitrogens with zero attached hydrogens (tertiary/aromatic N) is 1. The first-order valence-electron chi connectivity index (χ1n) is 12.5. The summed E-state index contributed by atoms with van der Waals surface area (Å²) in [6.45, 7) is 2.13. The van der Waals surface area contributed by atoms with Gasteiger partial charge in [0.05, 0.1) is 11.0 Å². The van der Waals surface area contributed by atoms with Crippen molar-refractivity contribution in [2.75, 3.05) is 0 Å². The molecule has 0 fully saturated rings. The molecule has 0 aliphatic heterocycles. The van der Waals surface area contributed by atoms with Gasteiger partial charge < -0.3 is 4.57 Å². The highest BCUT2D eigenvalue weighted by Crippen LogP contribution is 2.39. The first kappa shape index (κ1) is 20.7. The van der Waals surface area contributed by atoms with E-state index in [9.17, 15) is 0 Å². The summed E-state index contributed by atoms with van der Waals surface area (Å²) in [6.07, 6.45) is 0. The summed E-state index contributed by atoms with van der Waals surface area (Å²) >= 11 is 0. The number of benzene rings is 6. The molecule has 0 bridgehead atoms. The number of rotatable bonds is 3. The second-order valence-electron chi connectivity index (χ2n) is 9.53. The molecule has 7 rings (SSSR count). The van der Waals surface area contributed by atoms with Crippen LogP contribution in [0.25, 0.3) is 60.5 Å². The van der Waals surface area contributed by atoms with Gasteiger partial charge in [0.2, 0.25) is 0 Å². The Labute approximate surface area is 210 Å². The Balaban J connectivity index is 1.50. The van der Waals surface area contributed by atoms with Crippen LogP contribution in [0.5, 0.6) is 0 Å². The lowest BCUT2D eigenvalue weighted by atomic mass is 9.99. The van der Waals surface area contributed by atoms with E-state index in [-0.39, 0.29) is 0 Å². The maximum absolute atomic E-state index is 2.41. The molecule has 36 heavy (non-hydrogen) atoms. The van der Waals surface area contributed by atoms with Gasteiger partial charge in [-0.3, -0.25) is 0 Å². The van der Waals surface area contributed by atoms with Crippen molar-refractivity contribution < 1.29 is 0 Å². The van der Waals surface area contributed by atoms with E-state index in [0.29, 0.717) is 0 Å². The molecule has 1 heteroatoms. The van der Waals surface area contributed by atoms with Gasteiger partial charge in [-0.15, -0.1) is 0 Å². The third-order valence-electron chi connectivity index (χ3n) is 7.27. The third kappa shape index (κ3) is 3.32. The van der Waals surface area contributed by atoms with Crippen LogP contribution >= 0.6 is 0 Å². The molecule has 0 amide bonds. The van der Waals surface area contributed by atoms with Crippen molar-refractivity contribution in [3.8, 4) is 27.9 Å². The van der Waals surface area contributed by atoms with Crippen LogP contribution in [-0.2, 0) is 0 Å². The highest BCUT2D eigenvalue weighted by Gasteiger charge is 2.16. The number of hydrogen-bond acceptors (Lipinski definition) is 0. The summed E-state index contributed by atoms with van der Waals surface area (Å²) in [4.78, 5) is 0. The molecule has 0 N–H and O–H groups in total. The molecule has 6 aromatic carbocycles. The summed E-state index contributed by atoms with van der Waals surface area (Å²) in [6, 6.07) is 48.4. The second kappa shape index (κ2) is 8.25. The van der Waals surface area contributed by atoms with Crippen molar-refractivity contribution in [1.29, 1.82) is 0 Å². The van der Waals surface area contributed by atoms with Crippen molar-refractivity contribution in [2.45, 2.75) is 6.92 Å². The summed E-state index contributed by atoms with van der Waals surface area (Å²) in [7, 11) is 0. The Morgan fingerprint density at radius 1 is 0.444 bits per heavy atom. The van der Waals surface area contributed by atoms with Crippen LogP contribution in [0.1, 0.15) is 5.56 Å². The molecule has 1 aromatic heterocycles. The molecule has 0 unspecified atom stereocenters. The zero-order valence-corrected chi connectivity index (χ0v) is 20.1. The molecule has 0 spiro atoms. The average Bonchev–Trinajstić information content (AvgIpc) is 3.28. The van der Waals surface area contributed by atoms with Crippen LogP contribution in [0.2, 0.25) is 0 Å². The normalized spacial score (nSPS) is 11.5. The highest BCUT2D eigenvalue weighted by molar-refractivity contribution is 6.21. The molecule has 0 aliphatic carbocycles. The van der Waals surface area contributed by atoms with Crippen LogP contribution in [0, 0.1) is 6.92 Å². The minimum absolute atomic E-state index is 1.17. The van der Waals surface area contributed by atoms with E-state index in [2.05, 4.69) is 145 Å². The number of aryl methyl sites for hydroxylation is 1. The van der Waals surface area contributed by atoms with E-state index in [0.717, 1.165) is 0 Å². The van der Waals surface area contributed by atoms with Crippen molar-refractivity contribution >= 4 is 32.6 Å². The van der Waals surface area contributed by atoms with Gasteiger partial charge in [-0.25, -0.2) is 0 Å². The van der Waals surface area contributed by atoms with Crippen LogP contribution in [0.4, 0.5) is 0 Å². The largest absolute Gasteiger partial charge is 0.309 e. The number of fused-ring (bicyclic) bond motifs is 5. The summed E-state index contributed by atoms with van der Waals surface area (Å²) in [5.41, 5.74) is 9.87. The molecular weight excluding hydrogens is 434 g/mol. The Hall–Kier alpha value is -4.62. The summed E-state index contributed by atoms with van der Waals surface area (Å²) < 4.78 is 2.41. The standard InChI is InChI=1S/C35H25N/c1-24-11-13-27(14-12-24)29-18-21-33-32(23-29)35-31-10-6-5-9-28(31)17-22-34(35)36(33)30-19-15-26(16-20-30)25-7-3-2-4-8-25/h2-23H,1H3. The molecule has 0 aliphatic rings. The minimum atomic E-state index is 1.17. The van der Waals surface area contributed by atoms with E-state index in [1.807, 2.05) is 0 Å². The average molecular weight is 460 g/mol.